The summed E-state index contributed by atoms with van der Waals surface area (Å²) in [5.41, 5.74) is -0.0877. The van der Waals surface area contributed by atoms with E-state index >= 15 is 0 Å². The molecule has 4 aliphatic rings. The fourth-order valence-corrected chi connectivity index (χ4v) is 6.52. The molecule has 4 bridgehead atoms. The second-order valence-corrected chi connectivity index (χ2v) is 12.3. The topological polar surface area (TPSA) is 83.0 Å². The smallest absolute Gasteiger partial charge is 0.407 e. The molecule has 0 spiro atoms. The summed E-state index contributed by atoms with van der Waals surface area (Å²) in [4.78, 5) is 33.4. The highest BCUT2D eigenvalue weighted by Crippen LogP contribution is 2.54. The van der Waals surface area contributed by atoms with Crippen molar-refractivity contribution < 1.29 is 14.3 Å². The van der Waals surface area contributed by atoms with Gasteiger partial charge in [0.1, 0.15) is 11.1 Å². The van der Waals surface area contributed by atoms with Crippen LogP contribution in [-0.4, -0.2) is 59.9 Å². The highest BCUT2D eigenvalue weighted by atomic mass is 16.6. The van der Waals surface area contributed by atoms with Gasteiger partial charge in [0.15, 0.2) is 0 Å². The lowest BCUT2D eigenvalue weighted by Gasteiger charge is -2.51. The molecule has 2 amide bonds. The Hall–Kier alpha value is -2.41. The first-order valence-corrected chi connectivity index (χ1v) is 13.7. The molecule has 0 radical (unpaired) electrons. The number of amides is 2. The van der Waals surface area contributed by atoms with Gasteiger partial charge in [-0.3, -0.25) is 14.7 Å². The molecular weight excluding hydrogens is 452 g/mol. The van der Waals surface area contributed by atoms with Crippen molar-refractivity contribution >= 4 is 18.2 Å². The Morgan fingerprint density at radius 1 is 1.17 bits per heavy atom. The molecular formula is C29H44N4O3. The molecule has 1 saturated carbocycles. The van der Waals surface area contributed by atoms with Crippen LogP contribution in [0, 0.1) is 23.7 Å². The van der Waals surface area contributed by atoms with E-state index in [4.69, 9.17) is 9.73 Å². The van der Waals surface area contributed by atoms with E-state index in [1.165, 1.54) is 0 Å². The molecule has 7 nitrogen and oxygen atoms in total. The van der Waals surface area contributed by atoms with Crippen LogP contribution in [0.1, 0.15) is 65.9 Å². The SMILES string of the molecule is CC(C)CN1C[C@H]2C[C@]3(C(=O)NCc4ccccc4)N=C[C@H]2[C@H]1[C@@H]3CCCCNC(=O)OC(C)(C)C. The summed E-state index contributed by atoms with van der Waals surface area (Å²) in [5, 5.41) is 6.10. The predicted molar refractivity (Wildman–Crippen MR) is 143 cm³/mol. The summed E-state index contributed by atoms with van der Waals surface area (Å²) in [5.74, 6) is 1.78. The third-order valence-corrected chi connectivity index (χ3v) is 7.80. The van der Waals surface area contributed by atoms with Crippen molar-refractivity contribution in [3.63, 3.8) is 0 Å². The third kappa shape index (κ3) is 5.93. The zero-order valence-corrected chi connectivity index (χ0v) is 22.6. The highest BCUT2D eigenvalue weighted by molar-refractivity contribution is 5.91. The van der Waals surface area contributed by atoms with Crippen LogP contribution in [0.25, 0.3) is 0 Å². The highest BCUT2D eigenvalue weighted by Gasteiger charge is 2.63. The molecule has 198 valence electrons. The lowest BCUT2D eigenvalue weighted by molar-refractivity contribution is -0.132. The number of carbonyl (C=O) groups excluding carboxylic acids is 2. The summed E-state index contributed by atoms with van der Waals surface area (Å²) in [6.45, 7) is 13.4. The van der Waals surface area contributed by atoms with E-state index in [-0.39, 0.29) is 17.9 Å². The van der Waals surface area contributed by atoms with Crippen LogP contribution >= 0.6 is 0 Å². The van der Waals surface area contributed by atoms with E-state index < -0.39 is 11.1 Å². The van der Waals surface area contributed by atoms with Gasteiger partial charge in [0.05, 0.1) is 0 Å². The molecule has 36 heavy (non-hydrogen) atoms. The van der Waals surface area contributed by atoms with E-state index in [0.29, 0.717) is 36.9 Å². The molecule has 1 saturated heterocycles. The van der Waals surface area contributed by atoms with Gasteiger partial charge in [0.25, 0.3) is 0 Å². The van der Waals surface area contributed by atoms with Crippen molar-refractivity contribution in [2.45, 2.75) is 84.0 Å². The Kier molecular flexibility index (Phi) is 8.08. The Labute approximate surface area is 216 Å². The van der Waals surface area contributed by atoms with Crippen LogP contribution in [0.3, 0.4) is 0 Å². The quantitative estimate of drug-likeness (QED) is 0.470. The number of carbonyl (C=O) groups is 2. The van der Waals surface area contributed by atoms with E-state index in [1.54, 1.807) is 0 Å². The predicted octanol–water partition coefficient (Wildman–Crippen LogP) is 4.41. The van der Waals surface area contributed by atoms with Gasteiger partial charge >= 0.3 is 6.09 Å². The minimum Gasteiger partial charge on any atom is -0.444 e. The Morgan fingerprint density at radius 3 is 2.61 bits per heavy atom. The molecule has 5 atom stereocenters. The van der Waals surface area contributed by atoms with E-state index in [1.807, 2.05) is 51.1 Å². The number of alkyl carbamates (subject to hydrolysis) is 1. The van der Waals surface area contributed by atoms with Crippen molar-refractivity contribution in [1.82, 2.24) is 15.5 Å². The minimum atomic E-state index is -0.691. The molecule has 1 aromatic carbocycles. The number of rotatable bonds is 10. The molecule has 7 heteroatoms. The minimum absolute atomic E-state index is 0.0685. The van der Waals surface area contributed by atoms with Crippen LogP contribution < -0.4 is 10.6 Å². The standard InChI is InChI=1S/C29H44N4O3/c1-20(2)18-33-19-22-15-29(26(34)31-16-21-11-7-6-8-12-21)24(25(33)23(22)17-32-29)13-9-10-14-30-27(35)36-28(3,4)5/h6-8,11-12,17,20,22-25H,9-10,13-16,18-19H2,1-5H3,(H,30,35)(H,31,34)/t22-,23-,24+,25+,29+/m1/s1. The van der Waals surface area contributed by atoms with Gasteiger partial charge in [-0.1, -0.05) is 50.6 Å². The number of hydrogen-bond donors (Lipinski definition) is 2. The van der Waals surface area contributed by atoms with Crippen molar-refractivity contribution in [2.75, 3.05) is 19.6 Å². The van der Waals surface area contributed by atoms with E-state index in [0.717, 1.165) is 44.3 Å². The molecule has 3 aliphatic heterocycles. The molecule has 1 aromatic rings. The van der Waals surface area contributed by atoms with Gasteiger partial charge in [-0.2, -0.15) is 0 Å². The van der Waals surface area contributed by atoms with Crippen molar-refractivity contribution in [3.05, 3.63) is 35.9 Å². The summed E-state index contributed by atoms with van der Waals surface area (Å²) in [6.07, 6.45) is 5.29. The van der Waals surface area contributed by atoms with Gasteiger partial charge in [-0.25, -0.2) is 4.79 Å². The zero-order chi connectivity index (χ0) is 25.9. The van der Waals surface area contributed by atoms with Gasteiger partial charge in [-0.05, 0) is 57.4 Å². The number of aliphatic imine (C=N–C) groups is 1. The first-order chi connectivity index (χ1) is 17.1. The van der Waals surface area contributed by atoms with Crippen molar-refractivity contribution in [3.8, 4) is 0 Å². The van der Waals surface area contributed by atoms with E-state index in [2.05, 4.69) is 35.6 Å². The summed E-state index contributed by atoms with van der Waals surface area (Å²) in [7, 11) is 0. The maximum atomic E-state index is 13.8. The number of benzene rings is 1. The first kappa shape index (κ1) is 26.6. The maximum Gasteiger partial charge on any atom is 0.407 e. The summed E-state index contributed by atoms with van der Waals surface area (Å²) in [6, 6.07) is 10.4. The van der Waals surface area contributed by atoms with Crippen LogP contribution in [0.4, 0.5) is 4.79 Å². The summed E-state index contributed by atoms with van der Waals surface area (Å²) < 4.78 is 5.35. The van der Waals surface area contributed by atoms with Gasteiger partial charge in [0.2, 0.25) is 5.91 Å². The number of ether oxygens (including phenoxy) is 1. The number of hydrogen-bond acceptors (Lipinski definition) is 5. The second kappa shape index (κ2) is 10.9. The molecule has 0 aromatic heterocycles. The normalized spacial score (nSPS) is 28.9. The number of nitrogens with zero attached hydrogens (tertiary/aromatic N) is 2. The van der Waals surface area contributed by atoms with Crippen LogP contribution in [0.5, 0.6) is 0 Å². The zero-order valence-electron chi connectivity index (χ0n) is 22.6. The second-order valence-electron chi connectivity index (χ2n) is 12.3. The van der Waals surface area contributed by atoms with Gasteiger partial charge in [0, 0.05) is 50.3 Å². The number of likely N-dealkylation sites (tertiary alicyclic amines) is 1. The lowest BCUT2D eigenvalue weighted by Crippen LogP contribution is -2.63. The fourth-order valence-electron chi connectivity index (χ4n) is 6.52. The molecule has 0 unspecified atom stereocenters. The van der Waals surface area contributed by atoms with Crippen molar-refractivity contribution in [1.29, 1.82) is 0 Å². The Bertz CT molecular complexity index is 942. The lowest BCUT2D eigenvalue weighted by atomic mass is 9.59. The largest absolute Gasteiger partial charge is 0.444 e. The van der Waals surface area contributed by atoms with Gasteiger partial charge < -0.3 is 15.4 Å². The van der Waals surface area contributed by atoms with Crippen LogP contribution in [0.15, 0.2) is 35.3 Å². The summed E-state index contributed by atoms with van der Waals surface area (Å²) >= 11 is 0. The molecule has 3 heterocycles. The van der Waals surface area contributed by atoms with Gasteiger partial charge in [-0.15, -0.1) is 0 Å². The Morgan fingerprint density at radius 2 is 1.92 bits per heavy atom. The Balaban J connectivity index is 1.43. The maximum absolute atomic E-state index is 13.8. The van der Waals surface area contributed by atoms with Crippen LogP contribution in [-0.2, 0) is 16.1 Å². The molecule has 2 fully saturated rings. The molecule has 2 N–H and O–H groups in total. The van der Waals surface area contributed by atoms with Crippen molar-refractivity contribution in [2.24, 2.45) is 28.7 Å². The average Bonchev–Trinajstić information content (AvgIpc) is 3.10. The van der Waals surface area contributed by atoms with E-state index in [9.17, 15) is 9.59 Å². The first-order valence-electron chi connectivity index (χ1n) is 13.7. The monoisotopic (exact) mass is 496 g/mol. The third-order valence-electron chi connectivity index (χ3n) is 7.80. The fraction of sp³-hybridized carbons (Fsp3) is 0.690. The average molecular weight is 497 g/mol. The van der Waals surface area contributed by atoms with Crippen LogP contribution in [0.2, 0.25) is 0 Å². The number of nitrogens with one attached hydrogen (secondary N) is 2. The molecule has 1 aliphatic carbocycles. The number of unbranched alkanes of at least 4 members (excludes halogenated alkanes) is 1. The molecule has 5 rings (SSSR count).